The first kappa shape index (κ1) is 15.6. The Bertz CT molecular complexity index is 615. The predicted octanol–water partition coefficient (Wildman–Crippen LogP) is 3.66. The van der Waals surface area contributed by atoms with Crippen molar-refractivity contribution in [1.82, 2.24) is 5.32 Å². The molecule has 4 heteroatoms. The fraction of sp³-hybridized carbons (Fsp3) is 0.294. The second kappa shape index (κ2) is 6.78. The minimum absolute atomic E-state index is 0.0103. The van der Waals surface area contributed by atoms with Crippen molar-refractivity contribution in [2.24, 2.45) is 0 Å². The van der Waals surface area contributed by atoms with E-state index in [0.29, 0.717) is 0 Å². The molecule has 112 valence electrons. The zero-order valence-corrected chi connectivity index (χ0v) is 12.1. The molecule has 0 aliphatic carbocycles. The van der Waals surface area contributed by atoms with Gasteiger partial charge in [0.05, 0.1) is 6.10 Å². The number of benzene rings is 2. The molecule has 0 aromatic heterocycles. The summed E-state index contributed by atoms with van der Waals surface area (Å²) >= 11 is 0. The SMILES string of the molecule is Cc1cccc([C@H](C)NCC(O)c2cc(F)ccc2F)c1. The average molecular weight is 291 g/mol. The molecule has 1 unspecified atom stereocenters. The lowest BCUT2D eigenvalue weighted by Gasteiger charge is -2.18. The number of aliphatic hydroxyl groups excluding tert-OH is 1. The van der Waals surface area contributed by atoms with Gasteiger partial charge in [0.15, 0.2) is 0 Å². The van der Waals surface area contributed by atoms with Crippen LogP contribution in [0, 0.1) is 18.6 Å². The first-order valence-corrected chi connectivity index (χ1v) is 6.90. The van der Waals surface area contributed by atoms with Crippen LogP contribution in [0.4, 0.5) is 8.78 Å². The fourth-order valence-corrected chi connectivity index (χ4v) is 2.23. The van der Waals surface area contributed by atoms with Crippen LogP contribution in [0.2, 0.25) is 0 Å². The molecule has 0 saturated carbocycles. The first-order chi connectivity index (χ1) is 9.97. The Morgan fingerprint density at radius 3 is 2.62 bits per heavy atom. The number of hydrogen-bond donors (Lipinski definition) is 2. The summed E-state index contributed by atoms with van der Waals surface area (Å²) in [4.78, 5) is 0. The third kappa shape index (κ3) is 4.09. The molecule has 2 aromatic rings. The van der Waals surface area contributed by atoms with E-state index >= 15 is 0 Å². The van der Waals surface area contributed by atoms with Gasteiger partial charge in [-0.1, -0.05) is 29.8 Å². The van der Waals surface area contributed by atoms with Crippen LogP contribution in [-0.2, 0) is 0 Å². The van der Waals surface area contributed by atoms with Gasteiger partial charge in [-0.25, -0.2) is 8.78 Å². The maximum atomic E-state index is 13.6. The minimum atomic E-state index is -1.09. The number of rotatable bonds is 5. The molecule has 2 aromatic carbocycles. The molecule has 0 bridgehead atoms. The van der Waals surface area contributed by atoms with Gasteiger partial charge in [-0.15, -0.1) is 0 Å². The Labute approximate surface area is 123 Å². The number of nitrogens with one attached hydrogen (secondary N) is 1. The molecule has 0 aliphatic rings. The van der Waals surface area contributed by atoms with Crippen LogP contribution >= 0.6 is 0 Å². The lowest BCUT2D eigenvalue weighted by molar-refractivity contribution is 0.166. The van der Waals surface area contributed by atoms with E-state index in [1.807, 2.05) is 38.1 Å². The second-order valence-corrected chi connectivity index (χ2v) is 5.23. The summed E-state index contributed by atoms with van der Waals surface area (Å²) in [5.74, 6) is -1.16. The van der Waals surface area contributed by atoms with Gasteiger partial charge in [0.2, 0.25) is 0 Å². The molecule has 0 fully saturated rings. The maximum absolute atomic E-state index is 13.6. The van der Waals surface area contributed by atoms with Gasteiger partial charge in [-0.3, -0.25) is 0 Å². The standard InChI is InChI=1S/C17H19F2NO/c1-11-4-3-5-13(8-11)12(2)20-10-17(21)15-9-14(18)6-7-16(15)19/h3-9,12,17,20-21H,10H2,1-2H3/t12-,17?/m0/s1. The molecule has 2 atom stereocenters. The molecule has 2 N–H and O–H groups in total. The first-order valence-electron chi connectivity index (χ1n) is 6.90. The van der Waals surface area contributed by atoms with Gasteiger partial charge in [0.25, 0.3) is 0 Å². The lowest BCUT2D eigenvalue weighted by atomic mass is 10.0. The topological polar surface area (TPSA) is 32.3 Å². The number of hydrogen-bond acceptors (Lipinski definition) is 2. The van der Waals surface area contributed by atoms with Gasteiger partial charge >= 0.3 is 0 Å². The fourth-order valence-electron chi connectivity index (χ4n) is 2.23. The van der Waals surface area contributed by atoms with Crippen molar-refractivity contribution in [2.75, 3.05) is 6.54 Å². The van der Waals surface area contributed by atoms with E-state index < -0.39 is 17.7 Å². The number of aryl methyl sites for hydroxylation is 1. The molecule has 2 nitrogen and oxygen atoms in total. The Kier molecular flexibility index (Phi) is 5.04. The van der Waals surface area contributed by atoms with Gasteiger partial charge < -0.3 is 10.4 Å². The molecule has 0 radical (unpaired) electrons. The smallest absolute Gasteiger partial charge is 0.129 e. The van der Waals surface area contributed by atoms with Gasteiger partial charge in [-0.2, -0.15) is 0 Å². The van der Waals surface area contributed by atoms with E-state index in [1.54, 1.807) is 0 Å². The highest BCUT2D eigenvalue weighted by Crippen LogP contribution is 2.19. The van der Waals surface area contributed by atoms with Crippen molar-refractivity contribution in [2.45, 2.75) is 26.0 Å². The largest absolute Gasteiger partial charge is 0.387 e. The van der Waals surface area contributed by atoms with Crippen LogP contribution in [0.25, 0.3) is 0 Å². The summed E-state index contributed by atoms with van der Waals surface area (Å²) in [6.45, 7) is 4.12. The van der Waals surface area contributed by atoms with Crippen LogP contribution in [0.5, 0.6) is 0 Å². The van der Waals surface area contributed by atoms with Crippen LogP contribution in [0.15, 0.2) is 42.5 Å². The number of halogens is 2. The minimum Gasteiger partial charge on any atom is -0.387 e. The van der Waals surface area contributed by atoms with Crippen molar-refractivity contribution in [3.8, 4) is 0 Å². The van der Waals surface area contributed by atoms with E-state index in [0.717, 1.165) is 29.3 Å². The highest BCUT2D eigenvalue weighted by molar-refractivity contribution is 5.25. The summed E-state index contributed by atoms with van der Waals surface area (Å²) in [6, 6.07) is 11.1. The zero-order chi connectivity index (χ0) is 15.4. The molecule has 0 amide bonds. The van der Waals surface area contributed by atoms with E-state index in [1.165, 1.54) is 0 Å². The van der Waals surface area contributed by atoms with Gasteiger partial charge in [-0.05, 0) is 37.6 Å². The molecule has 21 heavy (non-hydrogen) atoms. The van der Waals surface area contributed by atoms with Crippen molar-refractivity contribution < 1.29 is 13.9 Å². The Hall–Kier alpha value is -1.78. The molecule has 0 aliphatic heterocycles. The van der Waals surface area contributed by atoms with Crippen molar-refractivity contribution >= 4 is 0 Å². The van der Waals surface area contributed by atoms with E-state index in [9.17, 15) is 13.9 Å². The number of aliphatic hydroxyl groups is 1. The van der Waals surface area contributed by atoms with Gasteiger partial charge in [0.1, 0.15) is 11.6 Å². The monoisotopic (exact) mass is 291 g/mol. The molecule has 2 rings (SSSR count). The lowest BCUT2D eigenvalue weighted by Crippen LogP contribution is -2.25. The summed E-state index contributed by atoms with van der Waals surface area (Å²) in [5.41, 5.74) is 2.21. The zero-order valence-electron chi connectivity index (χ0n) is 12.1. The Morgan fingerprint density at radius 1 is 1.14 bits per heavy atom. The second-order valence-electron chi connectivity index (χ2n) is 5.23. The van der Waals surface area contributed by atoms with E-state index in [4.69, 9.17) is 0 Å². The van der Waals surface area contributed by atoms with Crippen molar-refractivity contribution in [3.05, 3.63) is 70.8 Å². The quantitative estimate of drug-likeness (QED) is 0.881. The maximum Gasteiger partial charge on any atom is 0.129 e. The molecule has 0 saturated heterocycles. The molecule has 0 heterocycles. The van der Waals surface area contributed by atoms with Crippen LogP contribution in [0.1, 0.15) is 35.8 Å². The third-order valence-corrected chi connectivity index (χ3v) is 3.48. The third-order valence-electron chi connectivity index (χ3n) is 3.48. The molecular formula is C17H19F2NO. The van der Waals surface area contributed by atoms with Crippen LogP contribution in [-0.4, -0.2) is 11.7 Å². The summed E-state index contributed by atoms with van der Waals surface area (Å²) in [7, 11) is 0. The molecule has 0 spiro atoms. The summed E-state index contributed by atoms with van der Waals surface area (Å²) < 4.78 is 26.7. The molecular weight excluding hydrogens is 272 g/mol. The van der Waals surface area contributed by atoms with Crippen molar-refractivity contribution in [1.29, 1.82) is 0 Å². The van der Waals surface area contributed by atoms with E-state index in [-0.39, 0.29) is 18.2 Å². The predicted molar refractivity (Wildman–Crippen MR) is 78.9 cm³/mol. The Balaban J connectivity index is 2.00. The van der Waals surface area contributed by atoms with Crippen molar-refractivity contribution in [3.63, 3.8) is 0 Å². The van der Waals surface area contributed by atoms with Crippen LogP contribution in [0.3, 0.4) is 0 Å². The Morgan fingerprint density at radius 2 is 1.90 bits per heavy atom. The van der Waals surface area contributed by atoms with Gasteiger partial charge in [0, 0.05) is 18.2 Å². The highest BCUT2D eigenvalue weighted by Gasteiger charge is 2.15. The average Bonchev–Trinajstić information content (AvgIpc) is 2.47. The van der Waals surface area contributed by atoms with Crippen LogP contribution < -0.4 is 5.32 Å². The normalized spacial score (nSPS) is 14.0. The summed E-state index contributed by atoms with van der Waals surface area (Å²) in [5, 5.41) is 13.1. The highest BCUT2D eigenvalue weighted by atomic mass is 19.1. The summed E-state index contributed by atoms with van der Waals surface area (Å²) in [6.07, 6.45) is -1.09. The van der Waals surface area contributed by atoms with E-state index in [2.05, 4.69) is 5.32 Å².